The molecule has 0 unspecified atom stereocenters. The average molecular weight is 282 g/mol. The number of carbonyl (C=O) groups is 1. The highest BCUT2D eigenvalue weighted by Crippen LogP contribution is 2.15. The van der Waals surface area contributed by atoms with Crippen molar-refractivity contribution >= 4 is 16.0 Å². The number of rotatable bonds is 6. The van der Waals surface area contributed by atoms with Gasteiger partial charge in [-0.1, -0.05) is 12.1 Å². The molecule has 0 amide bonds. The molecule has 7 heteroatoms. The summed E-state index contributed by atoms with van der Waals surface area (Å²) in [5.41, 5.74) is 0.731. The van der Waals surface area contributed by atoms with Crippen LogP contribution in [0.25, 0.3) is 0 Å². The van der Waals surface area contributed by atoms with E-state index in [9.17, 15) is 13.2 Å². The molecule has 0 bridgehead atoms. The predicted octanol–water partition coefficient (Wildman–Crippen LogP) is 0.848. The highest BCUT2D eigenvalue weighted by molar-refractivity contribution is 7.89. The molecule has 102 valence electrons. The van der Waals surface area contributed by atoms with Crippen LogP contribution in [0.2, 0.25) is 0 Å². The number of sulfonamides is 1. The van der Waals surface area contributed by atoms with Gasteiger partial charge in [0.2, 0.25) is 10.0 Å². The number of carboxylic acid groups (broad SMARTS) is 1. The number of benzene rings is 1. The van der Waals surface area contributed by atoms with Gasteiger partial charge in [0.1, 0.15) is 0 Å². The van der Waals surface area contributed by atoms with Crippen molar-refractivity contribution in [3.05, 3.63) is 29.8 Å². The summed E-state index contributed by atoms with van der Waals surface area (Å²) in [6.45, 7) is -0.0857. The first-order chi connectivity index (χ1) is 8.87. The third kappa shape index (κ3) is 4.05. The molecule has 0 aliphatic carbocycles. The van der Waals surface area contributed by atoms with E-state index in [-0.39, 0.29) is 24.3 Å². The number of nitrogens with zero attached hydrogens (tertiary/aromatic N) is 2. The molecule has 1 aromatic rings. The number of aliphatic carboxylic acids is 1. The van der Waals surface area contributed by atoms with E-state index in [4.69, 9.17) is 10.4 Å². The summed E-state index contributed by atoms with van der Waals surface area (Å²) in [5, 5.41) is 17.1. The molecular formula is C12H14N2O4S. The quantitative estimate of drug-likeness (QED) is 0.834. The Hall–Kier alpha value is -1.91. The molecular weight excluding hydrogens is 268 g/mol. The maximum atomic E-state index is 12.1. The maximum absolute atomic E-state index is 12.1. The van der Waals surface area contributed by atoms with E-state index in [1.807, 2.05) is 6.07 Å². The van der Waals surface area contributed by atoms with Gasteiger partial charge in [0.25, 0.3) is 0 Å². The van der Waals surface area contributed by atoms with Crippen molar-refractivity contribution in [3.63, 3.8) is 0 Å². The van der Waals surface area contributed by atoms with Gasteiger partial charge in [-0.3, -0.25) is 4.79 Å². The Balaban J connectivity index is 2.87. The van der Waals surface area contributed by atoms with Crippen LogP contribution < -0.4 is 0 Å². The summed E-state index contributed by atoms with van der Waals surface area (Å²) in [7, 11) is -2.34. The fourth-order valence-corrected chi connectivity index (χ4v) is 2.60. The summed E-state index contributed by atoms with van der Waals surface area (Å²) in [5.74, 6) is -1.05. The molecule has 6 nitrogen and oxygen atoms in total. The highest BCUT2D eigenvalue weighted by atomic mass is 32.2. The van der Waals surface area contributed by atoms with Crippen LogP contribution in [0.1, 0.15) is 12.0 Å². The first-order valence-electron chi connectivity index (χ1n) is 5.52. The van der Waals surface area contributed by atoms with Gasteiger partial charge in [0, 0.05) is 13.6 Å². The van der Waals surface area contributed by atoms with E-state index in [0.717, 1.165) is 9.87 Å². The second kappa shape index (κ2) is 6.31. The summed E-state index contributed by atoms with van der Waals surface area (Å²) in [6, 6.07) is 7.95. The molecule has 1 aromatic carbocycles. The summed E-state index contributed by atoms with van der Waals surface area (Å²) in [6.07, 6.45) is -0.0303. The van der Waals surface area contributed by atoms with Crippen LogP contribution in [0.15, 0.2) is 29.2 Å². The van der Waals surface area contributed by atoms with Crippen molar-refractivity contribution in [3.8, 4) is 6.07 Å². The third-order valence-electron chi connectivity index (χ3n) is 2.56. The third-order valence-corrected chi connectivity index (χ3v) is 4.43. The zero-order valence-electron chi connectivity index (χ0n) is 10.4. The SMILES string of the molecule is CN(CCC(=O)O)S(=O)(=O)c1ccc(CC#N)cc1. The zero-order chi connectivity index (χ0) is 14.5. The number of hydrogen-bond donors (Lipinski definition) is 1. The monoisotopic (exact) mass is 282 g/mol. The van der Waals surface area contributed by atoms with Crippen molar-refractivity contribution in [2.45, 2.75) is 17.7 Å². The molecule has 0 aromatic heterocycles. The number of carboxylic acids is 1. The van der Waals surface area contributed by atoms with E-state index in [1.54, 1.807) is 12.1 Å². The predicted molar refractivity (Wildman–Crippen MR) is 67.8 cm³/mol. The summed E-state index contributed by atoms with van der Waals surface area (Å²) >= 11 is 0. The molecule has 1 N–H and O–H groups in total. The van der Waals surface area contributed by atoms with Crippen LogP contribution in [-0.2, 0) is 21.2 Å². The van der Waals surface area contributed by atoms with E-state index in [1.165, 1.54) is 19.2 Å². The normalized spacial score (nSPS) is 11.2. The van der Waals surface area contributed by atoms with Crippen molar-refractivity contribution in [2.24, 2.45) is 0 Å². The minimum absolute atomic E-state index is 0.0853. The lowest BCUT2D eigenvalue weighted by atomic mass is 10.2. The Morgan fingerprint density at radius 2 is 1.95 bits per heavy atom. The van der Waals surface area contributed by atoms with Crippen LogP contribution in [0.3, 0.4) is 0 Å². The molecule has 0 heterocycles. The Labute approximate surface area is 111 Å². The lowest BCUT2D eigenvalue weighted by molar-refractivity contribution is -0.137. The van der Waals surface area contributed by atoms with Gasteiger partial charge < -0.3 is 5.11 Å². The van der Waals surface area contributed by atoms with Crippen LogP contribution in [0.4, 0.5) is 0 Å². The van der Waals surface area contributed by atoms with Crippen molar-refractivity contribution in [1.29, 1.82) is 5.26 Å². The summed E-state index contributed by atoms with van der Waals surface area (Å²) in [4.78, 5) is 10.5. The first-order valence-corrected chi connectivity index (χ1v) is 6.96. The van der Waals surface area contributed by atoms with Gasteiger partial charge in [0.15, 0.2) is 0 Å². The van der Waals surface area contributed by atoms with E-state index < -0.39 is 16.0 Å². The number of nitriles is 1. The van der Waals surface area contributed by atoms with Gasteiger partial charge in [-0.25, -0.2) is 12.7 Å². The molecule has 0 spiro atoms. The molecule has 1 rings (SSSR count). The topological polar surface area (TPSA) is 98.5 Å². The molecule has 0 aliphatic heterocycles. The smallest absolute Gasteiger partial charge is 0.304 e. The minimum atomic E-state index is -3.68. The van der Waals surface area contributed by atoms with Crippen molar-refractivity contribution in [1.82, 2.24) is 4.31 Å². The van der Waals surface area contributed by atoms with E-state index in [2.05, 4.69) is 0 Å². The molecule has 0 saturated heterocycles. The highest BCUT2D eigenvalue weighted by Gasteiger charge is 2.20. The Morgan fingerprint density at radius 3 is 2.42 bits per heavy atom. The van der Waals surface area contributed by atoms with Crippen LogP contribution in [0, 0.1) is 11.3 Å². The molecule has 0 fully saturated rings. The van der Waals surface area contributed by atoms with Gasteiger partial charge in [0.05, 0.1) is 23.8 Å². The fourth-order valence-electron chi connectivity index (χ4n) is 1.42. The largest absolute Gasteiger partial charge is 0.481 e. The van der Waals surface area contributed by atoms with Crippen LogP contribution >= 0.6 is 0 Å². The fraction of sp³-hybridized carbons (Fsp3) is 0.333. The first kappa shape index (κ1) is 15.1. The Kier molecular flexibility index (Phi) is 5.03. The molecule has 0 atom stereocenters. The van der Waals surface area contributed by atoms with Crippen LogP contribution in [0.5, 0.6) is 0 Å². The van der Waals surface area contributed by atoms with Gasteiger partial charge >= 0.3 is 5.97 Å². The lowest BCUT2D eigenvalue weighted by Gasteiger charge is -2.16. The minimum Gasteiger partial charge on any atom is -0.481 e. The lowest BCUT2D eigenvalue weighted by Crippen LogP contribution is -2.29. The Bertz CT molecular complexity index is 587. The Morgan fingerprint density at radius 1 is 1.37 bits per heavy atom. The second-order valence-corrected chi connectivity index (χ2v) is 5.99. The maximum Gasteiger partial charge on any atom is 0.304 e. The van der Waals surface area contributed by atoms with E-state index >= 15 is 0 Å². The molecule has 0 aliphatic rings. The zero-order valence-corrected chi connectivity index (χ0v) is 11.2. The molecule has 0 saturated carbocycles. The summed E-state index contributed by atoms with van der Waals surface area (Å²) < 4.78 is 25.2. The van der Waals surface area contributed by atoms with E-state index in [0.29, 0.717) is 0 Å². The van der Waals surface area contributed by atoms with Crippen molar-refractivity contribution < 1.29 is 18.3 Å². The van der Waals surface area contributed by atoms with Gasteiger partial charge in [-0.15, -0.1) is 0 Å². The second-order valence-electron chi connectivity index (χ2n) is 3.95. The van der Waals surface area contributed by atoms with Crippen LogP contribution in [-0.4, -0.2) is 37.4 Å². The standard InChI is InChI=1S/C12H14N2O4S/c1-14(9-7-12(15)16)19(17,18)11-4-2-10(3-5-11)6-8-13/h2-5H,6-7,9H2,1H3,(H,15,16). The molecule has 0 radical (unpaired) electrons. The van der Waals surface area contributed by atoms with Gasteiger partial charge in [-0.05, 0) is 17.7 Å². The van der Waals surface area contributed by atoms with Gasteiger partial charge in [-0.2, -0.15) is 5.26 Å². The average Bonchev–Trinajstić information content (AvgIpc) is 2.36. The molecule has 19 heavy (non-hydrogen) atoms. The number of hydrogen-bond acceptors (Lipinski definition) is 4. The van der Waals surface area contributed by atoms with Crippen molar-refractivity contribution in [2.75, 3.05) is 13.6 Å².